The van der Waals surface area contributed by atoms with Gasteiger partial charge in [0.25, 0.3) is 0 Å². The van der Waals surface area contributed by atoms with E-state index in [1.165, 1.54) is 424 Å². The average Bonchev–Trinajstić information content (AvgIpc) is 0.851. The van der Waals surface area contributed by atoms with Crippen molar-refractivity contribution in [1.29, 1.82) is 0 Å². The van der Waals surface area contributed by atoms with Crippen LogP contribution in [0.3, 0.4) is 0 Å². The van der Waals surface area contributed by atoms with Crippen molar-refractivity contribution >= 4 is 17.2 Å². The van der Waals surface area contributed by atoms with Gasteiger partial charge >= 0.3 is 17.2 Å². The van der Waals surface area contributed by atoms with Gasteiger partial charge in [0.05, 0.1) is 0 Å². The summed E-state index contributed by atoms with van der Waals surface area (Å²) in [6, 6.07) is 17.5. The van der Waals surface area contributed by atoms with Gasteiger partial charge in [-0.25, -0.2) is 0 Å². The Bertz CT molecular complexity index is 2000. The molecular formula is C111H222O9P2. The molecule has 0 aliphatic carbocycles. The lowest BCUT2D eigenvalue weighted by atomic mass is 9.86. The van der Waals surface area contributed by atoms with Gasteiger partial charge in [0, 0.05) is 0 Å². The molecule has 0 fully saturated rings. The predicted molar refractivity (Wildman–Crippen MR) is 555 cm³/mol. The van der Waals surface area contributed by atoms with E-state index in [1.807, 2.05) is 57.2 Å². The summed E-state index contributed by atoms with van der Waals surface area (Å²) in [5.41, 5.74) is 6.39. The maximum Gasteiger partial charge on any atom is 0.324 e. The third kappa shape index (κ3) is 122. The van der Waals surface area contributed by atoms with Crippen LogP contribution in [0.15, 0.2) is 54.6 Å². The molecule has 0 radical (unpaired) electrons. The van der Waals surface area contributed by atoms with Crippen molar-refractivity contribution in [2.75, 3.05) is 0 Å². The van der Waals surface area contributed by atoms with Gasteiger partial charge in [-0.15, -0.1) is 0 Å². The van der Waals surface area contributed by atoms with Crippen LogP contribution in [0.2, 0.25) is 0 Å². The van der Waals surface area contributed by atoms with Crippen LogP contribution in [-0.4, -0.2) is 44.7 Å². The van der Waals surface area contributed by atoms with Gasteiger partial charge < -0.3 is 44.7 Å². The first-order valence-corrected chi connectivity index (χ1v) is 54.7. The van der Waals surface area contributed by atoms with Gasteiger partial charge in [-0.05, 0) is 88.6 Å². The highest BCUT2D eigenvalue weighted by atomic mass is 31.2. The minimum atomic E-state index is -2.62. The van der Waals surface area contributed by atoms with E-state index < -0.39 is 17.2 Å². The lowest BCUT2D eigenvalue weighted by Crippen LogP contribution is -2.11. The van der Waals surface area contributed by atoms with Crippen molar-refractivity contribution in [3.8, 4) is 17.2 Å². The van der Waals surface area contributed by atoms with Gasteiger partial charge in [0.2, 0.25) is 0 Å². The minimum absolute atomic E-state index is 0.0256. The van der Waals surface area contributed by atoms with E-state index in [1.54, 1.807) is 18.2 Å². The van der Waals surface area contributed by atoms with E-state index in [4.69, 9.17) is 29.4 Å². The number of unbranched alkanes of at least 4 members (excludes halogenated alkanes) is 60. The number of aromatic hydroxyl groups is 3. The standard InChI is InChI=1S/6C13H28.3C11H16O.2H3O3P/c6*1-3-5-7-9-11-13-12-10-8-6-4-2;3*1-8-5-6-9(10(12)7-8)11(2,3)4;2*1-4(2)3/h6*3-13H2,1-2H3;3*5-7,12H,1-4H3;2*1-3H. The van der Waals surface area contributed by atoms with Gasteiger partial charge in [-0.1, -0.05) is 606 Å². The van der Waals surface area contributed by atoms with Crippen LogP contribution in [0.25, 0.3) is 0 Å². The third-order valence-electron chi connectivity index (χ3n) is 22.1. The second kappa shape index (κ2) is 107. The quantitative estimate of drug-likeness (QED) is 0.0196. The zero-order valence-corrected chi connectivity index (χ0v) is 88.6. The van der Waals surface area contributed by atoms with Crippen molar-refractivity contribution in [3.63, 3.8) is 0 Å². The van der Waals surface area contributed by atoms with Gasteiger partial charge in [-0.3, -0.25) is 0 Å². The summed E-state index contributed by atoms with van der Waals surface area (Å²) in [5, 5.41) is 28.9. The number of aryl methyl sites for hydroxylation is 3. The second-order valence-electron chi connectivity index (χ2n) is 38.4. The van der Waals surface area contributed by atoms with Crippen molar-refractivity contribution in [3.05, 3.63) is 88.0 Å². The summed E-state index contributed by atoms with van der Waals surface area (Å²) < 4.78 is 0. The molecule has 0 saturated heterocycles. The Kier molecular flexibility index (Phi) is 119. The van der Waals surface area contributed by atoms with Crippen LogP contribution in [0, 0.1) is 20.8 Å². The predicted octanol–water partition coefficient (Wildman–Crippen LogP) is 39.3. The molecule has 0 spiro atoms. The highest BCUT2D eigenvalue weighted by Crippen LogP contribution is 2.34. The molecule has 0 saturated carbocycles. The maximum atomic E-state index is 9.63. The fourth-order valence-corrected chi connectivity index (χ4v) is 14.3. The normalized spacial score (nSPS) is 10.8. The smallest absolute Gasteiger partial charge is 0.324 e. The summed E-state index contributed by atoms with van der Waals surface area (Å²) in [6.07, 6.45) is 95.6. The molecule has 0 aromatic heterocycles. The average molecular weight is 1760 g/mol. The topological polar surface area (TPSA) is 182 Å². The molecule has 0 aliphatic rings. The minimum Gasteiger partial charge on any atom is -0.508 e. The maximum absolute atomic E-state index is 9.63. The fourth-order valence-electron chi connectivity index (χ4n) is 14.3. The van der Waals surface area contributed by atoms with Crippen molar-refractivity contribution in [1.82, 2.24) is 0 Å². The summed E-state index contributed by atoms with van der Waals surface area (Å²) in [4.78, 5) is 43.4. The molecule has 3 aromatic rings. The molecule has 9 N–H and O–H groups in total. The molecule has 0 bridgehead atoms. The van der Waals surface area contributed by atoms with E-state index in [0.717, 1.165) is 33.4 Å². The third-order valence-corrected chi connectivity index (χ3v) is 22.1. The number of hydrogen-bond donors (Lipinski definition) is 9. The van der Waals surface area contributed by atoms with E-state index in [2.05, 4.69) is 145 Å². The van der Waals surface area contributed by atoms with E-state index in [0.29, 0.717) is 17.2 Å². The second-order valence-corrected chi connectivity index (χ2v) is 39.5. The Morgan fingerprint density at radius 3 is 0.320 bits per heavy atom. The van der Waals surface area contributed by atoms with Crippen LogP contribution in [0.4, 0.5) is 0 Å². The monoisotopic (exact) mass is 1760 g/mol. The number of benzene rings is 3. The van der Waals surface area contributed by atoms with Gasteiger partial charge in [0.15, 0.2) is 0 Å². The zero-order valence-electron chi connectivity index (χ0n) is 86.8. The largest absolute Gasteiger partial charge is 0.508 e. The Morgan fingerprint density at radius 1 is 0.172 bits per heavy atom. The van der Waals surface area contributed by atoms with Crippen molar-refractivity contribution in [2.24, 2.45) is 0 Å². The highest BCUT2D eigenvalue weighted by Gasteiger charge is 2.19. The van der Waals surface area contributed by atoms with Crippen molar-refractivity contribution in [2.45, 2.75) is 606 Å². The van der Waals surface area contributed by atoms with Crippen LogP contribution in [0.5, 0.6) is 17.2 Å². The van der Waals surface area contributed by atoms with Crippen LogP contribution in [-0.2, 0) is 16.2 Å². The van der Waals surface area contributed by atoms with Crippen LogP contribution in [0.1, 0.15) is 603 Å². The van der Waals surface area contributed by atoms with E-state index >= 15 is 0 Å². The summed E-state index contributed by atoms with van der Waals surface area (Å²) >= 11 is 0. The molecule has 0 atom stereocenters. The number of rotatable bonds is 60. The van der Waals surface area contributed by atoms with E-state index in [-0.39, 0.29) is 16.2 Å². The molecule has 3 aromatic carbocycles. The fraction of sp³-hybridized carbons (Fsp3) is 0.838. The van der Waals surface area contributed by atoms with Crippen LogP contribution >= 0.6 is 17.2 Å². The molecule has 11 heteroatoms. The first-order chi connectivity index (χ1) is 58.2. The van der Waals surface area contributed by atoms with Crippen molar-refractivity contribution < 1.29 is 44.7 Å². The molecule has 9 nitrogen and oxygen atoms in total. The molecule has 0 unspecified atom stereocenters. The Balaban J connectivity index is -0.000000197. The lowest BCUT2D eigenvalue weighted by molar-refractivity contribution is 0.366. The number of phenols is 3. The van der Waals surface area contributed by atoms with E-state index in [9.17, 15) is 15.3 Å². The van der Waals surface area contributed by atoms with Crippen LogP contribution < -0.4 is 0 Å². The first-order valence-electron chi connectivity index (χ1n) is 52.3. The lowest BCUT2D eigenvalue weighted by Gasteiger charge is -2.20. The molecule has 3 rings (SSSR count). The Hall–Kier alpha value is -2.32. The van der Waals surface area contributed by atoms with Gasteiger partial charge in [0.1, 0.15) is 17.2 Å². The Labute approximate surface area is 768 Å². The molecule has 0 amide bonds. The Morgan fingerprint density at radius 2 is 0.254 bits per heavy atom. The summed E-state index contributed by atoms with van der Waals surface area (Å²) in [7, 11) is -5.24. The molecule has 122 heavy (non-hydrogen) atoms. The summed E-state index contributed by atoms with van der Waals surface area (Å²) in [5.74, 6) is 1.22. The van der Waals surface area contributed by atoms with Gasteiger partial charge in [-0.2, -0.15) is 0 Å². The SMILES string of the molecule is CCCCCCCCCCCCC.CCCCCCCCCCCCC.CCCCCCCCCCCCC.CCCCCCCCCCCCC.CCCCCCCCCCCCC.CCCCCCCCCCCCC.Cc1ccc(C(C)(C)C)c(O)c1.Cc1ccc(C(C)(C)C)c(O)c1.Cc1ccc(C(C)(C)C)c(O)c1.OP(O)O.OP(O)O. The highest BCUT2D eigenvalue weighted by molar-refractivity contribution is 7.38. The first kappa shape index (κ1) is 135. The molecular weight excluding hydrogens is 1540 g/mol. The molecule has 0 aliphatic heterocycles. The number of phenolic OH excluding ortho intramolecular Hbond substituents is 3. The molecule has 0 heterocycles. The summed E-state index contributed by atoms with van der Waals surface area (Å²) in [6.45, 7) is 52.2. The molecule has 730 valence electrons. The number of hydrogen-bond acceptors (Lipinski definition) is 9. The zero-order chi connectivity index (χ0) is 93.9.